The minimum Gasteiger partial charge on any atom is -0.406 e. The van der Waals surface area contributed by atoms with Crippen LogP contribution in [0.4, 0.5) is 18.9 Å². The van der Waals surface area contributed by atoms with Crippen LogP contribution in [0.15, 0.2) is 24.3 Å². The molecule has 0 unspecified atom stereocenters. The number of ether oxygens (including phenoxy) is 1. The molecule has 0 aliphatic carbocycles. The van der Waals surface area contributed by atoms with Crippen molar-refractivity contribution in [3.63, 3.8) is 0 Å². The van der Waals surface area contributed by atoms with Gasteiger partial charge in [-0.25, -0.2) is 0 Å². The van der Waals surface area contributed by atoms with Crippen LogP contribution in [0.25, 0.3) is 0 Å². The Morgan fingerprint density at radius 3 is 2.37 bits per heavy atom. The molecule has 0 spiro atoms. The smallest absolute Gasteiger partial charge is 0.406 e. The van der Waals surface area contributed by atoms with Gasteiger partial charge in [0.15, 0.2) is 0 Å². The Balaban J connectivity index is 2.06. The third-order valence-electron chi connectivity index (χ3n) is 3.01. The molecular formula is C13H17F3N2O. The van der Waals surface area contributed by atoms with Gasteiger partial charge in [-0.05, 0) is 38.1 Å². The van der Waals surface area contributed by atoms with Gasteiger partial charge in [-0.3, -0.25) is 0 Å². The Labute approximate surface area is 110 Å². The maximum absolute atomic E-state index is 12.1. The second kappa shape index (κ2) is 4.92. The van der Waals surface area contributed by atoms with Gasteiger partial charge in [0.25, 0.3) is 0 Å². The standard InChI is InChI=1S/C13H17F3N2O/c1-12(2)9-18(8-7-17-12)10-3-5-11(6-4-10)19-13(14,15)16/h3-6,17H,7-9H2,1-2H3. The van der Waals surface area contributed by atoms with Gasteiger partial charge in [-0.1, -0.05) is 0 Å². The summed E-state index contributed by atoms with van der Waals surface area (Å²) in [5, 5.41) is 3.39. The Kier molecular flexibility index (Phi) is 3.62. The fraction of sp³-hybridized carbons (Fsp3) is 0.538. The summed E-state index contributed by atoms with van der Waals surface area (Å²) >= 11 is 0. The number of piperazine rings is 1. The van der Waals surface area contributed by atoms with Crippen LogP contribution >= 0.6 is 0 Å². The molecule has 1 N–H and O–H groups in total. The summed E-state index contributed by atoms with van der Waals surface area (Å²) in [5.74, 6) is -0.189. The average molecular weight is 274 g/mol. The molecule has 0 saturated carbocycles. The van der Waals surface area contributed by atoms with E-state index in [2.05, 4.69) is 28.8 Å². The lowest BCUT2D eigenvalue weighted by Crippen LogP contribution is -2.57. The third-order valence-corrected chi connectivity index (χ3v) is 3.01. The molecule has 19 heavy (non-hydrogen) atoms. The zero-order valence-electron chi connectivity index (χ0n) is 10.9. The summed E-state index contributed by atoms with van der Waals surface area (Å²) in [6, 6.07) is 6.00. The van der Waals surface area contributed by atoms with E-state index >= 15 is 0 Å². The molecule has 6 heteroatoms. The lowest BCUT2D eigenvalue weighted by atomic mass is 10.0. The second-order valence-electron chi connectivity index (χ2n) is 5.27. The number of rotatable bonds is 2. The van der Waals surface area contributed by atoms with Crippen molar-refractivity contribution < 1.29 is 17.9 Å². The highest BCUT2D eigenvalue weighted by Crippen LogP contribution is 2.26. The zero-order chi connectivity index (χ0) is 14.1. The fourth-order valence-electron chi connectivity index (χ4n) is 2.22. The first-order chi connectivity index (χ1) is 8.75. The van der Waals surface area contributed by atoms with Crippen molar-refractivity contribution in [3.8, 4) is 5.75 Å². The molecule has 0 bridgehead atoms. The number of benzene rings is 1. The van der Waals surface area contributed by atoms with E-state index in [0.717, 1.165) is 25.3 Å². The normalized spacial score (nSPS) is 19.3. The predicted molar refractivity (Wildman–Crippen MR) is 67.4 cm³/mol. The van der Waals surface area contributed by atoms with Crippen LogP contribution in [0.2, 0.25) is 0 Å². The fourth-order valence-corrected chi connectivity index (χ4v) is 2.22. The lowest BCUT2D eigenvalue weighted by molar-refractivity contribution is -0.274. The van der Waals surface area contributed by atoms with Crippen LogP contribution in [0.3, 0.4) is 0 Å². The van der Waals surface area contributed by atoms with E-state index in [1.165, 1.54) is 12.1 Å². The van der Waals surface area contributed by atoms with Gasteiger partial charge < -0.3 is 15.0 Å². The van der Waals surface area contributed by atoms with Gasteiger partial charge in [-0.15, -0.1) is 13.2 Å². The highest BCUT2D eigenvalue weighted by Gasteiger charge is 2.31. The molecule has 1 aromatic rings. The SMILES string of the molecule is CC1(C)CN(c2ccc(OC(F)(F)F)cc2)CCN1. The molecule has 1 aliphatic rings. The van der Waals surface area contributed by atoms with Gasteiger partial charge in [0, 0.05) is 30.9 Å². The van der Waals surface area contributed by atoms with Crippen LogP contribution in [-0.2, 0) is 0 Å². The van der Waals surface area contributed by atoms with E-state index in [1.807, 2.05) is 0 Å². The molecule has 1 aromatic carbocycles. The van der Waals surface area contributed by atoms with Crippen molar-refractivity contribution in [2.24, 2.45) is 0 Å². The van der Waals surface area contributed by atoms with Crippen molar-refractivity contribution in [2.45, 2.75) is 25.7 Å². The molecule has 0 aromatic heterocycles. The third kappa shape index (κ3) is 4.02. The van der Waals surface area contributed by atoms with Crippen LogP contribution in [0.5, 0.6) is 5.75 Å². The van der Waals surface area contributed by atoms with Crippen molar-refractivity contribution in [3.05, 3.63) is 24.3 Å². The Morgan fingerprint density at radius 2 is 1.84 bits per heavy atom. The van der Waals surface area contributed by atoms with E-state index in [4.69, 9.17) is 0 Å². The topological polar surface area (TPSA) is 24.5 Å². The van der Waals surface area contributed by atoms with Crippen molar-refractivity contribution in [2.75, 3.05) is 24.5 Å². The molecule has 0 atom stereocenters. The lowest BCUT2D eigenvalue weighted by Gasteiger charge is -2.40. The number of nitrogens with one attached hydrogen (secondary N) is 1. The maximum atomic E-state index is 12.1. The van der Waals surface area contributed by atoms with Crippen LogP contribution in [0.1, 0.15) is 13.8 Å². The first kappa shape index (κ1) is 14.0. The van der Waals surface area contributed by atoms with Crippen LogP contribution < -0.4 is 15.0 Å². The molecule has 1 fully saturated rings. The van der Waals surface area contributed by atoms with Gasteiger partial charge >= 0.3 is 6.36 Å². The number of hydrogen-bond donors (Lipinski definition) is 1. The van der Waals surface area contributed by atoms with Gasteiger partial charge in [-0.2, -0.15) is 0 Å². The zero-order valence-corrected chi connectivity index (χ0v) is 10.9. The number of anilines is 1. The van der Waals surface area contributed by atoms with E-state index in [9.17, 15) is 13.2 Å². The van der Waals surface area contributed by atoms with E-state index in [-0.39, 0.29) is 11.3 Å². The Morgan fingerprint density at radius 1 is 1.21 bits per heavy atom. The second-order valence-corrected chi connectivity index (χ2v) is 5.27. The van der Waals surface area contributed by atoms with Gasteiger partial charge in [0.05, 0.1) is 0 Å². The number of hydrogen-bond acceptors (Lipinski definition) is 3. The molecule has 1 saturated heterocycles. The molecular weight excluding hydrogens is 257 g/mol. The maximum Gasteiger partial charge on any atom is 0.573 e. The first-order valence-corrected chi connectivity index (χ1v) is 6.11. The van der Waals surface area contributed by atoms with E-state index in [1.54, 1.807) is 12.1 Å². The molecule has 2 rings (SSSR count). The predicted octanol–water partition coefficient (Wildman–Crippen LogP) is 2.77. The van der Waals surface area contributed by atoms with Crippen molar-refractivity contribution in [1.82, 2.24) is 5.32 Å². The largest absolute Gasteiger partial charge is 0.573 e. The van der Waals surface area contributed by atoms with Crippen molar-refractivity contribution in [1.29, 1.82) is 0 Å². The van der Waals surface area contributed by atoms with Crippen LogP contribution in [-0.4, -0.2) is 31.5 Å². The number of nitrogens with zero attached hydrogens (tertiary/aromatic N) is 1. The summed E-state index contributed by atoms with van der Waals surface area (Å²) in [6.07, 6.45) is -4.64. The highest BCUT2D eigenvalue weighted by molar-refractivity contribution is 5.50. The molecule has 0 amide bonds. The molecule has 0 radical (unpaired) electrons. The number of halogens is 3. The summed E-state index contributed by atoms with van der Waals surface area (Å²) < 4.78 is 40.0. The van der Waals surface area contributed by atoms with Gasteiger partial charge in [0.1, 0.15) is 5.75 Å². The van der Waals surface area contributed by atoms with Gasteiger partial charge in [0.2, 0.25) is 0 Å². The summed E-state index contributed by atoms with van der Waals surface area (Å²) in [6.45, 7) is 6.70. The van der Waals surface area contributed by atoms with E-state index < -0.39 is 6.36 Å². The monoisotopic (exact) mass is 274 g/mol. The average Bonchev–Trinajstić information content (AvgIpc) is 2.26. The van der Waals surface area contributed by atoms with Crippen molar-refractivity contribution >= 4 is 5.69 Å². The van der Waals surface area contributed by atoms with Crippen LogP contribution in [0, 0.1) is 0 Å². The highest BCUT2D eigenvalue weighted by atomic mass is 19.4. The minimum atomic E-state index is -4.64. The van der Waals surface area contributed by atoms with E-state index in [0.29, 0.717) is 0 Å². The Hall–Kier alpha value is -1.43. The Bertz CT molecular complexity index is 429. The first-order valence-electron chi connectivity index (χ1n) is 6.11. The molecule has 1 heterocycles. The molecule has 106 valence electrons. The molecule has 3 nitrogen and oxygen atoms in total. The summed E-state index contributed by atoms with van der Waals surface area (Å²) in [5.41, 5.74) is 0.906. The molecule has 1 aliphatic heterocycles. The summed E-state index contributed by atoms with van der Waals surface area (Å²) in [7, 11) is 0. The number of alkyl halides is 3. The summed E-state index contributed by atoms with van der Waals surface area (Å²) in [4.78, 5) is 2.15. The minimum absolute atomic E-state index is 0.000604. The quantitative estimate of drug-likeness (QED) is 0.897.